The number of methoxy groups -OCH3 is 1. The van der Waals surface area contributed by atoms with Gasteiger partial charge in [0.05, 0.1) is 19.3 Å². The van der Waals surface area contributed by atoms with E-state index in [9.17, 15) is 0 Å². The molecule has 5 nitrogen and oxygen atoms in total. The minimum Gasteiger partial charge on any atom is -0.497 e. The van der Waals surface area contributed by atoms with Gasteiger partial charge >= 0.3 is 0 Å². The number of benzene rings is 1. The first kappa shape index (κ1) is 14.8. The highest BCUT2D eigenvalue weighted by Gasteiger charge is 2.24. The minimum atomic E-state index is -0.112. The highest BCUT2D eigenvalue weighted by atomic mass is 79.9. The van der Waals surface area contributed by atoms with E-state index in [0.717, 1.165) is 21.5 Å². The Balaban J connectivity index is 2.41. The summed E-state index contributed by atoms with van der Waals surface area (Å²) in [5.41, 5.74) is 7.84. The van der Waals surface area contributed by atoms with Crippen LogP contribution in [0.15, 0.2) is 22.7 Å². The number of hydrogen-bond acceptors (Lipinski definition) is 4. The molecule has 0 atom stereocenters. The third-order valence-corrected chi connectivity index (χ3v) is 3.82. The zero-order valence-corrected chi connectivity index (χ0v) is 13.7. The molecule has 2 aromatic rings. The predicted octanol–water partition coefficient (Wildman–Crippen LogP) is 2.98. The number of ether oxygens (including phenoxy) is 1. The highest BCUT2D eigenvalue weighted by molar-refractivity contribution is 9.10. The number of halogens is 1. The summed E-state index contributed by atoms with van der Waals surface area (Å²) in [7, 11) is 1.65. The molecule has 0 radical (unpaired) electrons. The van der Waals surface area contributed by atoms with Crippen LogP contribution in [-0.2, 0) is 12.0 Å². The Kier molecular flexibility index (Phi) is 4.04. The zero-order chi connectivity index (χ0) is 14.9. The molecule has 1 aromatic heterocycles. The van der Waals surface area contributed by atoms with Crippen LogP contribution in [0.25, 0.3) is 0 Å². The van der Waals surface area contributed by atoms with Gasteiger partial charge in [0.15, 0.2) is 5.82 Å². The van der Waals surface area contributed by atoms with E-state index in [0.29, 0.717) is 12.4 Å². The van der Waals surface area contributed by atoms with E-state index in [-0.39, 0.29) is 5.41 Å². The standard InChI is InChI=1S/C14H19BrN4O/c1-14(2,3)12-13(16)17-18-19(12)8-9-7-10(20-4)5-6-11(9)15/h5-7H,8,16H2,1-4H3. The van der Waals surface area contributed by atoms with Gasteiger partial charge in [-0.1, -0.05) is 41.9 Å². The number of rotatable bonds is 3. The van der Waals surface area contributed by atoms with Crippen LogP contribution in [0.5, 0.6) is 5.75 Å². The molecule has 0 aliphatic carbocycles. The number of aromatic nitrogens is 3. The first-order chi connectivity index (χ1) is 9.32. The van der Waals surface area contributed by atoms with Crippen LogP contribution in [0.3, 0.4) is 0 Å². The van der Waals surface area contributed by atoms with Crippen molar-refractivity contribution < 1.29 is 4.74 Å². The van der Waals surface area contributed by atoms with Crippen LogP contribution in [0, 0.1) is 0 Å². The quantitative estimate of drug-likeness (QED) is 0.934. The number of hydrogen-bond donors (Lipinski definition) is 1. The summed E-state index contributed by atoms with van der Waals surface area (Å²) < 4.78 is 8.11. The van der Waals surface area contributed by atoms with Crippen molar-refractivity contribution in [3.63, 3.8) is 0 Å². The maximum absolute atomic E-state index is 5.94. The average molecular weight is 339 g/mol. The van der Waals surface area contributed by atoms with Crippen LogP contribution in [0.4, 0.5) is 5.82 Å². The van der Waals surface area contributed by atoms with Crippen LogP contribution >= 0.6 is 15.9 Å². The van der Waals surface area contributed by atoms with Crippen molar-refractivity contribution in [2.45, 2.75) is 32.7 Å². The van der Waals surface area contributed by atoms with Gasteiger partial charge in [0.25, 0.3) is 0 Å². The third kappa shape index (κ3) is 2.95. The topological polar surface area (TPSA) is 66.0 Å². The fourth-order valence-corrected chi connectivity index (χ4v) is 2.54. The van der Waals surface area contributed by atoms with E-state index in [1.807, 2.05) is 22.9 Å². The summed E-state index contributed by atoms with van der Waals surface area (Å²) in [6.45, 7) is 6.88. The number of nitrogen functional groups attached to an aromatic ring is 1. The maximum Gasteiger partial charge on any atom is 0.169 e. The van der Waals surface area contributed by atoms with Crippen molar-refractivity contribution >= 4 is 21.7 Å². The Morgan fingerprint density at radius 2 is 2.05 bits per heavy atom. The van der Waals surface area contributed by atoms with E-state index in [1.54, 1.807) is 7.11 Å². The fourth-order valence-electron chi connectivity index (χ4n) is 2.17. The molecule has 0 saturated heterocycles. The normalized spacial score (nSPS) is 11.7. The van der Waals surface area contributed by atoms with Gasteiger partial charge in [0, 0.05) is 9.89 Å². The third-order valence-electron chi connectivity index (χ3n) is 3.04. The molecule has 1 aromatic carbocycles. The second kappa shape index (κ2) is 5.44. The molecule has 0 unspecified atom stereocenters. The molecule has 0 amide bonds. The second-order valence-corrected chi connectivity index (χ2v) is 6.54. The van der Waals surface area contributed by atoms with Gasteiger partial charge in [0.1, 0.15) is 5.75 Å². The molecule has 0 bridgehead atoms. The molecule has 0 aliphatic heterocycles. The molecule has 0 fully saturated rings. The second-order valence-electron chi connectivity index (χ2n) is 5.69. The molecule has 2 rings (SSSR count). The molecular weight excluding hydrogens is 320 g/mol. The van der Waals surface area contributed by atoms with Crippen molar-refractivity contribution in [2.24, 2.45) is 0 Å². The molecule has 0 saturated carbocycles. The van der Waals surface area contributed by atoms with Gasteiger partial charge < -0.3 is 10.5 Å². The number of nitrogens with zero attached hydrogens (tertiary/aromatic N) is 3. The van der Waals surface area contributed by atoms with Crippen molar-refractivity contribution in [1.29, 1.82) is 0 Å². The molecule has 6 heteroatoms. The van der Waals surface area contributed by atoms with Gasteiger partial charge in [-0.05, 0) is 23.8 Å². The van der Waals surface area contributed by atoms with Crippen LogP contribution in [0.2, 0.25) is 0 Å². The van der Waals surface area contributed by atoms with Crippen molar-refractivity contribution in [3.05, 3.63) is 33.9 Å². The monoisotopic (exact) mass is 338 g/mol. The molecule has 0 spiro atoms. The summed E-state index contributed by atoms with van der Waals surface area (Å²) in [4.78, 5) is 0. The average Bonchev–Trinajstić information content (AvgIpc) is 2.73. The van der Waals surface area contributed by atoms with Crippen LogP contribution < -0.4 is 10.5 Å². The molecule has 1 heterocycles. The van der Waals surface area contributed by atoms with Gasteiger partial charge in [-0.25, -0.2) is 4.68 Å². The van der Waals surface area contributed by atoms with Crippen LogP contribution in [-0.4, -0.2) is 22.1 Å². The lowest BCUT2D eigenvalue weighted by Gasteiger charge is -2.20. The molecule has 2 N–H and O–H groups in total. The Labute approximate surface area is 127 Å². The van der Waals surface area contributed by atoms with E-state index in [2.05, 4.69) is 47.0 Å². The number of anilines is 1. The van der Waals surface area contributed by atoms with Crippen molar-refractivity contribution in [2.75, 3.05) is 12.8 Å². The lowest BCUT2D eigenvalue weighted by Crippen LogP contribution is -2.20. The Hall–Kier alpha value is -1.56. The van der Waals surface area contributed by atoms with E-state index < -0.39 is 0 Å². The maximum atomic E-state index is 5.94. The molecule has 108 valence electrons. The van der Waals surface area contributed by atoms with E-state index >= 15 is 0 Å². The summed E-state index contributed by atoms with van der Waals surface area (Å²) in [6.07, 6.45) is 0. The van der Waals surface area contributed by atoms with Gasteiger partial charge in [-0.2, -0.15) is 0 Å². The molecular formula is C14H19BrN4O. The van der Waals surface area contributed by atoms with Crippen LogP contribution in [0.1, 0.15) is 32.0 Å². The first-order valence-electron chi connectivity index (χ1n) is 6.35. The summed E-state index contributed by atoms with van der Waals surface area (Å²) in [5, 5.41) is 8.15. The lowest BCUT2D eigenvalue weighted by atomic mass is 9.92. The highest BCUT2D eigenvalue weighted by Crippen LogP contribution is 2.28. The lowest BCUT2D eigenvalue weighted by molar-refractivity contribution is 0.413. The van der Waals surface area contributed by atoms with Gasteiger partial charge in [-0.3, -0.25) is 0 Å². The Morgan fingerprint density at radius 3 is 2.65 bits per heavy atom. The largest absolute Gasteiger partial charge is 0.497 e. The molecule has 20 heavy (non-hydrogen) atoms. The van der Waals surface area contributed by atoms with Gasteiger partial charge in [-0.15, -0.1) is 5.10 Å². The zero-order valence-electron chi connectivity index (χ0n) is 12.1. The van der Waals surface area contributed by atoms with Crippen molar-refractivity contribution in [3.8, 4) is 5.75 Å². The van der Waals surface area contributed by atoms with E-state index in [4.69, 9.17) is 10.5 Å². The first-order valence-corrected chi connectivity index (χ1v) is 7.14. The van der Waals surface area contributed by atoms with Crippen molar-refractivity contribution in [1.82, 2.24) is 15.0 Å². The summed E-state index contributed by atoms with van der Waals surface area (Å²) in [5.74, 6) is 1.30. The summed E-state index contributed by atoms with van der Waals surface area (Å²) >= 11 is 3.55. The minimum absolute atomic E-state index is 0.112. The Morgan fingerprint density at radius 1 is 1.35 bits per heavy atom. The Bertz CT molecular complexity index is 616. The number of nitrogens with two attached hydrogens (primary N) is 1. The van der Waals surface area contributed by atoms with Gasteiger partial charge in [0.2, 0.25) is 0 Å². The summed E-state index contributed by atoms with van der Waals surface area (Å²) in [6, 6.07) is 5.85. The SMILES string of the molecule is COc1ccc(Br)c(Cn2nnc(N)c2C(C)(C)C)c1. The molecule has 0 aliphatic rings. The fraction of sp³-hybridized carbons (Fsp3) is 0.429. The smallest absolute Gasteiger partial charge is 0.169 e. The van der Waals surface area contributed by atoms with E-state index in [1.165, 1.54) is 0 Å². The predicted molar refractivity (Wildman–Crippen MR) is 82.9 cm³/mol.